The molecule has 0 aliphatic carbocycles. The zero-order valence-electron chi connectivity index (χ0n) is 15.0. The molecule has 1 aliphatic rings. The van der Waals surface area contributed by atoms with Crippen molar-refractivity contribution >= 4 is 23.0 Å². The van der Waals surface area contributed by atoms with Crippen molar-refractivity contribution in [2.45, 2.75) is 20.4 Å². The number of hydrogen-bond donors (Lipinski definition) is 2. The minimum Gasteiger partial charge on any atom is -0.506 e. The number of aromatic hydroxyl groups is 1. The first kappa shape index (κ1) is 17.5. The van der Waals surface area contributed by atoms with Gasteiger partial charge in [0, 0.05) is 38.1 Å². The average molecular weight is 359 g/mol. The Labute approximate surface area is 152 Å². The maximum atomic E-state index is 10.0. The second kappa shape index (κ2) is 7.74. The van der Waals surface area contributed by atoms with Gasteiger partial charge in [-0.1, -0.05) is 12.1 Å². The molecule has 1 aliphatic heterocycles. The lowest BCUT2D eigenvalue weighted by Crippen LogP contribution is -2.52. The Balaban J connectivity index is 1.57. The molecular formula is C18H25N5OS. The molecule has 0 amide bonds. The lowest BCUT2D eigenvalue weighted by atomic mass is 10.2. The first-order chi connectivity index (χ1) is 12.1. The second-order valence-electron chi connectivity index (χ2n) is 6.11. The van der Waals surface area contributed by atoms with Crippen LogP contribution in [0.3, 0.4) is 0 Å². The number of anilines is 1. The largest absolute Gasteiger partial charge is 0.506 e. The molecule has 7 heteroatoms. The van der Waals surface area contributed by atoms with Gasteiger partial charge in [-0.15, -0.1) is 11.3 Å². The Morgan fingerprint density at radius 2 is 1.96 bits per heavy atom. The summed E-state index contributed by atoms with van der Waals surface area (Å²) < 4.78 is 0. The predicted octanol–water partition coefficient (Wildman–Crippen LogP) is 2.36. The molecule has 1 aromatic heterocycles. The molecule has 0 atom stereocenters. The molecule has 134 valence electrons. The first-order valence-electron chi connectivity index (χ1n) is 8.50. The van der Waals surface area contributed by atoms with Crippen molar-refractivity contribution in [1.29, 1.82) is 0 Å². The number of aliphatic imine (C=N–C) groups is 1. The third-order valence-corrected chi connectivity index (χ3v) is 5.49. The third-order valence-electron chi connectivity index (χ3n) is 4.42. The van der Waals surface area contributed by atoms with Crippen LogP contribution in [0.2, 0.25) is 0 Å². The molecule has 0 saturated carbocycles. The van der Waals surface area contributed by atoms with Gasteiger partial charge in [0.25, 0.3) is 0 Å². The van der Waals surface area contributed by atoms with E-state index in [2.05, 4.69) is 25.1 Å². The first-order valence-corrected chi connectivity index (χ1v) is 9.31. The van der Waals surface area contributed by atoms with Gasteiger partial charge in [-0.25, -0.2) is 4.98 Å². The molecule has 1 saturated heterocycles. The Kier molecular flexibility index (Phi) is 5.43. The van der Waals surface area contributed by atoms with Gasteiger partial charge < -0.3 is 20.2 Å². The topological polar surface area (TPSA) is 64.0 Å². The van der Waals surface area contributed by atoms with Crippen LogP contribution in [-0.2, 0) is 6.54 Å². The lowest BCUT2D eigenvalue weighted by Gasteiger charge is -2.37. The van der Waals surface area contributed by atoms with Crippen molar-refractivity contribution in [2.75, 3.05) is 38.1 Å². The van der Waals surface area contributed by atoms with Gasteiger partial charge in [0.1, 0.15) is 5.75 Å². The number of thiazole rings is 1. The number of aromatic nitrogens is 1. The standard InChI is InChI=1S/C18H25N5OS/c1-13-17(25-14(2)21-13)12-20-18(19-3)23-10-8-22(9-11-23)15-6-4-5-7-16(15)24/h4-7,24H,8-12H2,1-3H3,(H,19,20). The number of hydrogen-bond acceptors (Lipinski definition) is 5. The summed E-state index contributed by atoms with van der Waals surface area (Å²) >= 11 is 1.73. The molecule has 2 aromatic rings. The van der Waals surface area contributed by atoms with Crippen molar-refractivity contribution in [3.8, 4) is 5.75 Å². The van der Waals surface area contributed by atoms with E-state index in [-0.39, 0.29) is 0 Å². The third kappa shape index (κ3) is 4.04. The van der Waals surface area contributed by atoms with Gasteiger partial charge in [0.15, 0.2) is 5.96 Å². The lowest BCUT2D eigenvalue weighted by molar-refractivity contribution is 0.370. The van der Waals surface area contributed by atoms with Gasteiger partial charge in [-0.3, -0.25) is 4.99 Å². The molecule has 1 fully saturated rings. The van der Waals surface area contributed by atoms with Crippen LogP contribution < -0.4 is 10.2 Å². The molecule has 0 unspecified atom stereocenters. The minimum absolute atomic E-state index is 0.342. The van der Waals surface area contributed by atoms with Crippen molar-refractivity contribution in [2.24, 2.45) is 4.99 Å². The molecular weight excluding hydrogens is 334 g/mol. The van der Waals surface area contributed by atoms with Gasteiger partial charge in [0.05, 0.1) is 22.9 Å². The van der Waals surface area contributed by atoms with Crippen LogP contribution in [0, 0.1) is 13.8 Å². The molecule has 0 radical (unpaired) electrons. The highest BCUT2D eigenvalue weighted by molar-refractivity contribution is 7.11. The minimum atomic E-state index is 0.342. The monoisotopic (exact) mass is 359 g/mol. The van der Waals surface area contributed by atoms with Gasteiger partial charge in [-0.2, -0.15) is 0 Å². The van der Waals surface area contributed by atoms with E-state index in [9.17, 15) is 5.11 Å². The molecule has 2 N–H and O–H groups in total. The average Bonchev–Trinajstić information content (AvgIpc) is 2.94. The van der Waals surface area contributed by atoms with E-state index >= 15 is 0 Å². The maximum absolute atomic E-state index is 10.0. The van der Waals surface area contributed by atoms with Crippen LogP contribution in [0.25, 0.3) is 0 Å². The summed E-state index contributed by atoms with van der Waals surface area (Å²) in [6.07, 6.45) is 0. The molecule has 2 heterocycles. The van der Waals surface area contributed by atoms with E-state index < -0.39 is 0 Å². The van der Waals surface area contributed by atoms with Crippen molar-refractivity contribution in [3.05, 3.63) is 39.8 Å². The number of para-hydroxylation sites is 2. The zero-order chi connectivity index (χ0) is 17.8. The van der Waals surface area contributed by atoms with E-state index in [1.165, 1.54) is 4.88 Å². The molecule has 0 bridgehead atoms. The highest BCUT2D eigenvalue weighted by atomic mass is 32.1. The Morgan fingerprint density at radius 1 is 1.24 bits per heavy atom. The van der Waals surface area contributed by atoms with Crippen LogP contribution in [0.4, 0.5) is 5.69 Å². The van der Waals surface area contributed by atoms with Crippen LogP contribution in [0.15, 0.2) is 29.3 Å². The zero-order valence-corrected chi connectivity index (χ0v) is 15.8. The quantitative estimate of drug-likeness (QED) is 0.651. The number of rotatable bonds is 3. The Morgan fingerprint density at radius 3 is 2.56 bits per heavy atom. The highest BCUT2D eigenvalue weighted by Crippen LogP contribution is 2.27. The summed E-state index contributed by atoms with van der Waals surface area (Å²) in [6, 6.07) is 7.51. The summed E-state index contributed by atoms with van der Waals surface area (Å²) in [5, 5.41) is 14.6. The summed E-state index contributed by atoms with van der Waals surface area (Å²) in [6.45, 7) is 8.30. The predicted molar refractivity (Wildman–Crippen MR) is 104 cm³/mol. The van der Waals surface area contributed by atoms with Crippen LogP contribution in [0.1, 0.15) is 15.6 Å². The van der Waals surface area contributed by atoms with Crippen molar-refractivity contribution in [1.82, 2.24) is 15.2 Å². The van der Waals surface area contributed by atoms with Crippen molar-refractivity contribution in [3.63, 3.8) is 0 Å². The second-order valence-corrected chi connectivity index (χ2v) is 7.39. The van der Waals surface area contributed by atoms with E-state index in [4.69, 9.17) is 0 Å². The van der Waals surface area contributed by atoms with Gasteiger partial charge in [-0.05, 0) is 26.0 Å². The summed E-state index contributed by atoms with van der Waals surface area (Å²) in [4.78, 5) is 14.6. The fraction of sp³-hybridized carbons (Fsp3) is 0.444. The summed E-state index contributed by atoms with van der Waals surface area (Å²) in [5.41, 5.74) is 2.00. The van der Waals surface area contributed by atoms with E-state index in [1.807, 2.05) is 39.1 Å². The number of nitrogens with zero attached hydrogens (tertiary/aromatic N) is 4. The number of piperazine rings is 1. The maximum Gasteiger partial charge on any atom is 0.194 e. The van der Waals surface area contributed by atoms with Crippen LogP contribution >= 0.6 is 11.3 Å². The van der Waals surface area contributed by atoms with Crippen LogP contribution in [-0.4, -0.2) is 54.2 Å². The van der Waals surface area contributed by atoms with Crippen molar-refractivity contribution < 1.29 is 5.11 Å². The fourth-order valence-electron chi connectivity index (χ4n) is 3.12. The van der Waals surface area contributed by atoms with Gasteiger partial charge >= 0.3 is 0 Å². The number of aryl methyl sites for hydroxylation is 2. The smallest absolute Gasteiger partial charge is 0.194 e. The SMILES string of the molecule is CN=C(NCc1sc(C)nc1C)N1CCN(c2ccccc2O)CC1. The number of benzene rings is 1. The molecule has 6 nitrogen and oxygen atoms in total. The van der Waals surface area contributed by atoms with E-state index in [0.717, 1.165) is 55.1 Å². The fourth-order valence-corrected chi connectivity index (χ4v) is 4.00. The normalized spacial score (nSPS) is 15.6. The number of phenolic OH excluding ortho intramolecular Hbond substituents is 1. The number of nitrogens with one attached hydrogen (secondary N) is 1. The molecule has 3 rings (SSSR count). The Bertz CT molecular complexity index is 750. The van der Waals surface area contributed by atoms with E-state index in [1.54, 1.807) is 17.4 Å². The molecule has 1 aromatic carbocycles. The van der Waals surface area contributed by atoms with Gasteiger partial charge in [0.2, 0.25) is 0 Å². The number of guanidine groups is 1. The van der Waals surface area contributed by atoms with E-state index in [0.29, 0.717) is 5.75 Å². The highest BCUT2D eigenvalue weighted by Gasteiger charge is 2.21. The Hall–Kier alpha value is -2.28. The summed E-state index contributed by atoms with van der Waals surface area (Å²) in [7, 11) is 1.82. The summed E-state index contributed by atoms with van der Waals surface area (Å²) in [5.74, 6) is 1.26. The molecule has 0 spiro atoms. The molecule has 25 heavy (non-hydrogen) atoms. The number of phenols is 1. The van der Waals surface area contributed by atoms with Crippen LogP contribution in [0.5, 0.6) is 5.75 Å².